The predicted molar refractivity (Wildman–Crippen MR) is 86.6 cm³/mol. The SMILES string of the molecule is CC1(C)C(Nc2ccc(Cl)c(C(N)=O)c2)[C@]2(C)CC[C@H]1C2. The van der Waals surface area contributed by atoms with Crippen LogP contribution in [0.15, 0.2) is 18.2 Å². The Morgan fingerprint density at radius 1 is 1.38 bits per heavy atom. The Morgan fingerprint density at radius 3 is 2.67 bits per heavy atom. The first-order valence-corrected chi connectivity index (χ1v) is 7.98. The molecule has 3 N–H and O–H groups in total. The third kappa shape index (κ3) is 2.22. The maximum Gasteiger partial charge on any atom is 0.250 e. The van der Waals surface area contributed by atoms with Crippen LogP contribution in [0.2, 0.25) is 5.02 Å². The van der Waals surface area contributed by atoms with Gasteiger partial charge in [0.1, 0.15) is 0 Å². The zero-order valence-electron chi connectivity index (χ0n) is 12.9. The lowest BCUT2D eigenvalue weighted by atomic mass is 9.68. The normalized spacial score (nSPS) is 33.1. The second-order valence-electron chi connectivity index (χ2n) is 7.55. The van der Waals surface area contributed by atoms with E-state index in [9.17, 15) is 4.79 Å². The fourth-order valence-corrected chi connectivity index (χ4v) is 4.84. The Morgan fingerprint density at radius 2 is 2.10 bits per heavy atom. The number of carbonyl (C=O) groups excluding carboxylic acids is 1. The number of rotatable bonds is 3. The van der Waals surface area contributed by atoms with Gasteiger partial charge in [0, 0.05) is 11.7 Å². The van der Waals surface area contributed by atoms with E-state index in [0.717, 1.165) is 11.6 Å². The number of hydrogen-bond acceptors (Lipinski definition) is 2. The van der Waals surface area contributed by atoms with Gasteiger partial charge in [0.15, 0.2) is 0 Å². The van der Waals surface area contributed by atoms with Crippen molar-refractivity contribution in [2.45, 2.75) is 46.1 Å². The molecule has 3 rings (SSSR count). The molecule has 0 radical (unpaired) electrons. The number of anilines is 1. The number of benzene rings is 1. The average molecular weight is 307 g/mol. The van der Waals surface area contributed by atoms with Crippen molar-refractivity contribution in [1.29, 1.82) is 0 Å². The summed E-state index contributed by atoms with van der Waals surface area (Å²) in [6, 6.07) is 5.86. The topological polar surface area (TPSA) is 55.1 Å². The molecule has 1 aromatic carbocycles. The number of fused-ring (bicyclic) bond motifs is 2. The molecule has 0 aromatic heterocycles. The summed E-state index contributed by atoms with van der Waals surface area (Å²) in [5.74, 6) is 0.296. The van der Waals surface area contributed by atoms with Crippen molar-refractivity contribution in [3.05, 3.63) is 28.8 Å². The van der Waals surface area contributed by atoms with Gasteiger partial charge in [-0.3, -0.25) is 4.79 Å². The summed E-state index contributed by atoms with van der Waals surface area (Å²) in [6.07, 6.45) is 3.89. The Bertz CT molecular complexity index is 594. The van der Waals surface area contributed by atoms with Crippen molar-refractivity contribution < 1.29 is 4.79 Å². The zero-order chi connectivity index (χ0) is 15.4. The lowest BCUT2D eigenvalue weighted by Crippen LogP contribution is -2.45. The van der Waals surface area contributed by atoms with E-state index in [0.29, 0.717) is 22.0 Å². The summed E-state index contributed by atoms with van der Waals surface area (Å²) in [5.41, 5.74) is 7.29. The van der Waals surface area contributed by atoms with E-state index in [1.807, 2.05) is 6.07 Å². The fraction of sp³-hybridized carbons (Fsp3) is 0.588. The Hall–Kier alpha value is -1.22. The second kappa shape index (κ2) is 4.64. The number of halogens is 1. The van der Waals surface area contributed by atoms with E-state index in [-0.39, 0.29) is 5.41 Å². The van der Waals surface area contributed by atoms with Gasteiger partial charge < -0.3 is 11.1 Å². The molecule has 3 nitrogen and oxygen atoms in total. The minimum absolute atomic E-state index is 0.263. The molecule has 114 valence electrons. The van der Waals surface area contributed by atoms with E-state index in [4.69, 9.17) is 17.3 Å². The molecule has 0 heterocycles. The molecular formula is C17H23ClN2O. The van der Waals surface area contributed by atoms with Crippen molar-refractivity contribution in [1.82, 2.24) is 0 Å². The monoisotopic (exact) mass is 306 g/mol. The van der Waals surface area contributed by atoms with Crippen LogP contribution in [0.3, 0.4) is 0 Å². The molecule has 21 heavy (non-hydrogen) atoms. The molecule has 1 unspecified atom stereocenters. The molecule has 0 aliphatic heterocycles. The van der Waals surface area contributed by atoms with Gasteiger partial charge in [0.2, 0.25) is 5.91 Å². The summed E-state index contributed by atoms with van der Waals surface area (Å²) in [7, 11) is 0. The van der Waals surface area contributed by atoms with Gasteiger partial charge in [0.25, 0.3) is 0 Å². The number of carbonyl (C=O) groups is 1. The van der Waals surface area contributed by atoms with Crippen LogP contribution in [-0.2, 0) is 0 Å². The molecule has 4 heteroatoms. The minimum Gasteiger partial charge on any atom is -0.381 e. The van der Waals surface area contributed by atoms with Crippen LogP contribution < -0.4 is 11.1 Å². The van der Waals surface area contributed by atoms with Crippen LogP contribution in [0, 0.1) is 16.7 Å². The van der Waals surface area contributed by atoms with Crippen molar-refractivity contribution in [2.24, 2.45) is 22.5 Å². The van der Waals surface area contributed by atoms with Crippen LogP contribution >= 0.6 is 11.6 Å². The molecule has 2 fully saturated rings. The van der Waals surface area contributed by atoms with Crippen LogP contribution in [-0.4, -0.2) is 11.9 Å². The summed E-state index contributed by atoms with van der Waals surface area (Å²) in [5, 5.41) is 4.07. The summed E-state index contributed by atoms with van der Waals surface area (Å²) < 4.78 is 0. The first kappa shape index (κ1) is 14.7. The smallest absolute Gasteiger partial charge is 0.250 e. The summed E-state index contributed by atoms with van der Waals surface area (Å²) in [4.78, 5) is 11.4. The highest BCUT2D eigenvalue weighted by atomic mass is 35.5. The third-order valence-electron chi connectivity index (χ3n) is 5.81. The highest BCUT2D eigenvalue weighted by Gasteiger charge is 2.59. The van der Waals surface area contributed by atoms with Gasteiger partial charge in [-0.1, -0.05) is 32.4 Å². The van der Waals surface area contributed by atoms with Crippen LogP contribution in [0.4, 0.5) is 5.69 Å². The lowest BCUT2D eigenvalue weighted by Gasteiger charge is -2.43. The number of amides is 1. The van der Waals surface area contributed by atoms with Gasteiger partial charge in [-0.25, -0.2) is 0 Å². The Balaban J connectivity index is 1.90. The quantitative estimate of drug-likeness (QED) is 0.884. The van der Waals surface area contributed by atoms with E-state index < -0.39 is 5.91 Å². The first-order chi connectivity index (χ1) is 9.74. The Labute approximate surface area is 131 Å². The molecule has 3 atom stereocenters. The molecule has 2 aliphatic carbocycles. The molecule has 0 spiro atoms. The zero-order valence-corrected chi connectivity index (χ0v) is 13.6. The lowest BCUT2D eigenvalue weighted by molar-refractivity contribution is 0.100. The fourth-order valence-electron chi connectivity index (χ4n) is 4.63. The molecule has 2 saturated carbocycles. The van der Waals surface area contributed by atoms with E-state index in [1.165, 1.54) is 19.3 Å². The van der Waals surface area contributed by atoms with Gasteiger partial charge in [0.05, 0.1) is 10.6 Å². The number of nitrogens with one attached hydrogen (secondary N) is 1. The number of hydrogen-bond donors (Lipinski definition) is 2. The minimum atomic E-state index is -0.484. The first-order valence-electron chi connectivity index (χ1n) is 7.60. The maximum atomic E-state index is 11.4. The molecule has 2 aliphatic rings. The maximum absolute atomic E-state index is 11.4. The predicted octanol–water partition coefficient (Wildman–Crippen LogP) is 4.07. The molecule has 2 bridgehead atoms. The average Bonchev–Trinajstić information content (AvgIpc) is 2.87. The third-order valence-corrected chi connectivity index (χ3v) is 6.14. The van der Waals surface area contributed by atoms with Crippen LogP contribution in [0.1, 0.15) is 50.4 Å². The summed E-state index contributed by atoms with van der Waals surface area (Å²) in [6.45, 7) is 7.08. The van der Waals surface area contributed by atoms with Gasteiger partial charge in [-0.2, -0.15) is 0 Å². The molecule has 0 saturated heterocycles. The summed E-state index contributed by atoms with van der Waals surface area (Å²) >= 11 is 6.03. The number of primary amides is 1. The van der Waals surface area contributed by atoms with Gasteiger partial charge in [-0.15, -0.1) is 0 Å². The van der Waals surface area contributed by atoms with Gasteiger partial charge >= 0.3 is 0 Å². The van der Waals surface area contributed by atoms with Crippen molar-refractivity contribution in [3.63, 3.8) is 0 Å². The highest BCUT2D eigenvalue weighted by molar-refractivity contribution is 6.33. The van der Waals surface area contributed by atoms with Crippen molar-refractivity contribution in [2.75, 3.05) is 5.32 Å². The molecule has 1 aromatic rings. The second-order valence-corrected chi connectivity index (χ2v) is 7.96. The largest absolute Gasteiger partial charge is 0.381 e. The van der Waals surface area contributed by atoms with Crippen LogP contribution in [0.25, 0.3) is 0 Å². The van der Waals surface area contributed by atoms with Crippen molar-refractivity contribution in [3.8, 4) is 0 Å². The highest BCUT2D eigenvalue weighted by Crippen LogP contribution is 2.63. The van der Waals surface area contributed by atoms with Crippen LogP contribution in [0.5, 0.6) is 0 Å². The Kier molecular flexibility index (Phi) is 3.25. The molecule has 1 amide bonds. The van der Waals surface area contributed by atoms with E-state index in [1.54, 1.807) is 12.1 Å². The number of nitrogens with two attached hydrogens (primary N) is 1. The van der Waals surface area contributed by atoms with E-state index in [2.05, 4.69) is 26.1 Å². The van der Waals surface area contributed by atoms with E-state index >= 15 is 0 Å². The van der Waals surface area contributed by atoms with Crippen molar-refractivity contribution >= 4 is 23.2 Å². The van der Waals surface area contributed by atoms with Gasteiger partial charge in [-0.05, 0) is 54.2 Å². The standard InChI is InChI=1S/C17H23ClN2O/c1-16(2)10-6-7-17(3,9-10)15(16)20-11-4-5-13(18)12(8-11)14(19)21/h4-5,8,10,15,20H,6-7,9H2,1-3H3,(H2,19,21)/t10-,15?,17+/m0/s1. The molecular weight excluding hydrogens is 284 g/mol.